The van der Waals surface area contributed by atoms with Gasteiger partial charge in [0, 0.05) is 12.4 Å². The lowest BCUT2D eigenvalue weighted by molar-refractivity contribution is 0.411. The smallest absolute Gasteiger partial charge is 0.150 e. The molecular formula is C15H20N4O. The Labute approximate surface area is 119 Å². The van der Waals surface area contributed by atoms with Crippen LogP contribution in [-0.4, -0.2) is 17.1 Å². The number of hydrazine groups is 1. The van der Waals surface area contributed by atoms with E-state index in [1.54, 1.807) is 19.5 Å². The monoisotopic (exact) mass is 272 g/mol. The van der Waals surface area contributed by atoms with Crippen LogP contribution in [-0.2, 0) is 0 Å². The molecule has 0 amide bonds. The number of nitrogens with two attached hydrogens (primary N) is 1. The molecule has 0 aliphatic rings. The van der Waals surface area contributed by atoms with Crippen LogP contribution in [0.2, 0.25) is 0 Å². The van der Waals surface area contributed by atoms with E-state index in [0.717, 1.165) is 28.0 Å². The highest BCUT2D eigenvalue weighted by Crippen LogP contribution is 2.28. The number of methoxy groups -OCH3 is 1. The third kappa shape index (κ3) is 2.79. The molecule has 3 N–H and O–H groups in total. The van der Waals surface area contributed by atoms with Gasteiger partial charge < -0.3 is 4.74 Å². The normalized spacial score (nSPS) is 12.2. The molecule has 0 saturated heterocycles. The molecule has 0 spiro atoms. The summed E-state index contributed by atoms with van der Waals surface area (Å²) in [5, 5.41) is 0. The van der Waals surface area contributed by atoms with Gasteiger partial charge in [-0.25, -0.2) is 15.4 Å². The van der Waals surface area contributed by atoms with Crippen LogP contribution >= 0.6 is 0 Å². The topological polar surface area (TPSA) is 73.1 Å². The van der Waals surface area contributed by atoms with Crippen molar-refractivity contribution in [3.63, 3.8) is 0 Å². The first-order valence-electron chi connectivity index (χ1n) is 6.46. The maximum Gasteiger partial charge on any atom is 0.150 e. The number of benzene rings is 1. The molecule has 2 aromatic rings. The second-order valence-electron chi connectivity index (χ2n) is 4.90. The van der Waals surface area contributed by atoms with E-state index in [0.29, 0.717) is 5.82 Å². The summed E-state index contributed by atoms with van der Waals surface area (Å²) < 4.78 is 5.33. The van der Waals surface area contributed by atoms with Gasteiger partial charge in [-0.15, -0.1) is 0 Å². The number of hydrogen-bond acceptors (Lipinski definition) is 5. The Morgan fingerprint density at radius 2 is 1.75 bits per heavy atom. The summed E-state index contributed by atoms with van der Waals surface area (Å²) in [7, 11) is 1.67. The molecule has 2 rings (SSSR count). The van der Waals surface area contributed by atoms with Crippen molar-refractivity contribution < 1.29 is 4.74 Å². The van der Waals surface area contributed by atoms with Gasteiger partial charge in [0.25, 0.3) is 0 Å². The Bertz CT molecular complexity index is 596. The van der Waals surface area contributed by atoms with Gasteiger partial charge >= 0.3 is 0 Å². The summed E-state index contributed by atoms with van der Waals surface area (Å²) in [6.07, 6.45) is 3.58. The van der Waals surface area contributed by atoms with Crippen LogP contribution in [0.1, 0.15) is 34.1 Å². The summed E-state index contributed by atoms with van der Waals surface area (Å²) in [6.45, 7) is 5.98. The minimum absolute atomic E-state index is 0.236. The Morgan fingerprint density at radius 1 is 1.10 bits per heavy atom. The van der Waals surface area contributed by atoms with Crippen molar-refractivity contribution in [1.29, 1.82) is 0 Å². The molecule has 5 heteroatoms. The van der Waals surface area contributed by atoms with Crippen LogP contribution < -0.4 is 16.0 Å². The van der Waals surface area contributed by atoms with Crippen LogP contribution in [0.4, 0.5) is 0 Å². The minimum Gasteiger partial charge on any atom is -0.496 e. The lowest BCUT2D eigenvalue weighted by atomic mass is 9.98. The molecule has 1 atom stereocenters. The van der Waals surface area contributed by atoms with E-state index < -0.39 is 0 Å². The first-order valence-corrected chi connectivity index (χ1v) is 6.46. The van der Waals surface area contributed by atoms with Crippen molar-refractivity contribution in [2.75, 3.05) is 7.11 Å². The van der Waals surface area contributed by atoms with Gasteiger partial charge in [-0.3, -0.25) is 5.84 Å². The zero-order chi connectivity index (χ0) is 14.7. The van der Waals surface area contributed by atoms with Crippen LogP contribution in [0.15, 0.2) is 24.5 Å². The molecule has 0 saturated carbocycles. The highest BCUT2D eigenvalue weighted by molar-refractivity contribution is 5.44. The molecule has 1 heterocycles. The zero-order valence-corrected chi connectivity index (χ0v) is 12.3. The van der Waals surface area contributed by atoms with Crippen LogP contribution in [0, 0.1) is 20.8 Å². The fourth-order valence-electron chi connectivity index (χ4n) is 2.20. The van der Waals surface area contributed by atoms with Crippen molar-refractivity contribution in [2.24, 2.45) is 5.84 Å². The number of nitrogens with zero attached hydrogens (tertiary/aromatic N) is 2. The summed E-state index contributed by atoms with van der Waals surface area (Å²) >= 11 is 0. The number of aryl methyl sites for hydroxylation is 3. The highest BCUT2D eigenvalue weighted by atomic mass is 16.5. The lowest BCUT2D eigenvalue weighted by Crippen LogP contribution is -2.31. The largest absolute Gasteiger partial charge is 0.496 e. The number of rotatable bonds is 4. The second-order valence-corrected chi connectivity index (χ2v) is 4.90. The van der Waals surface area contributed by atoms with Crippen molar-refractivity contribution in [1.82, 2.24) is 15.4 Å². The van der Waals surface area contributed by atoms with E-state index in [2.05, 4.69) is 21.5 Å². The van der Waals surface area contributed by atoms with Gasteiger partial charge in [0.15, 0.2) is 5.82 Å². The maximum atomic E-state index is 5.70. The summed E-state index contributed by atoms with van der Waals surface area (Å²) in [4.78, 5) is 8.71. The quantitative estimate of drug-likeness (QED) is 0.657. The SMILES string of the molecule is COc1cc(C)c(C(NN)c2ncc(C)cn2)cc1C. The Balaban J connectivity index is 2.46. The molecule has 0 bridgehead atoms. The molecule has 1 aromatic heterocycles. The second kappa shape index (κ2) is 5.98. The number of hydrogen-bond donors (Lipinski definition) is 2. The fraction of sp³-hybridized carbons (Fsp3) is 0.333. The Morgan fingerprint density at radius 3 is 2.30 bits per heavy atom. The zero-order valence-electron chi connectivity index (χ0n) is 12.3. The van der Waals surface area contributed by atoms with Crippen LogP contribution in [0.3, 0.4) is 0 Å². The predicted octanol–water partition coefficient (Wildman–Crippen LogP) is 1.96. The van der Waals surface area contributed by atoms with Crippen LogP contribution in [0.5, 0.6) is 5.75 Å². The molecule has 0 radical (unpaired) electrons. The number of nitrogens with one attached hydrogen (secondary N) is 1. The molecule has 1 aromatic carbocycles. The van der Waals surface area contributed by atoms with Crippen molar-refractivity contribution in [2.45, 2.75) is 26.8 Å². The Hall–Kier alpha value is -1.98. The molecule has 20 heavy (non-hydrogen) atoms. The molecule has 106 valence electrons. The van der Waals surface area contributed by atoms with E-state index >= 15 is 0 Å². The molecule has 5 nitrogen and oxygen atoms in total. The standard InChI is InChI=1S/C15H20N4O/c1-9-7-17-15(18-8-9)14(19-16)12-5-11(3)13(20-4)6-10(12)2/h5-8,14,19H,16H2,1-4H3. The minimum atomic E-state index is -0.236. The maximum absolute atomic E-state index is 5.70. The van der Waals surface area contributed by atoms with Gasteiger partial charge in [-0.1, -0.05) is 6.07 Å². The van der Waals surface area contributed by atoms with Crippen molar-refractivity contribution >= 4 is 0 Å². The van der Waals surface area contributed by atoms with Gasteiger partial charge in [-0.05, 0) is 49.1 Å². The molecule has 0 aliphatic heterocycles. The molecular weight excluding hydrogens is 252 g/mol. The Kier molecular flexibility index (Phi) is 4.32. The summed E-state index contributed by atoms with van der Waals surface area (Å²) in [5.41, 5.74) is 7.00. The van der Waals surface area contributed by atoms with E-state index in [1.807, 2.05) is 26.8 Å². The van der Waals surface area contributed by atoms with Gasteiger partial charge in [0.1, 0.15) is 11.8 Å². The molecule has 0 aliphatic carbocycles. The van der Waals surface area contributed by atoms with Crippen molar-refractivity contribution in [3.05, 3.63) is 52.6 Å². The van der Waals surface area contributed by atoms with E-state index in [1.165, 1.54) is 0 Å². The van der Waals surface area contributed by atoms with Gasteiger partial charge in [-0.2, -0.15) is 0 Å². The van der Waals surface area contributed by atoms with Gasteiger partial charge in [0.05, 0.1) is 7.11 Å². The first kappa shape index (κ1) is 14.4. The average molecular weight is 272 g/mol. The van der Waals surface area contributed by atoms with E-state index in [9.17, 15) is 0 Å². The highest BCUT2D eigenvalue weighted by Gasteiger charge is 2.18. The van der Waals surface area contributed by atoms with Crippen molar-refractivity contribution in [3.8, 4) is 5.75 Å². The fourth-order valence-corrected chi connectivity index (χ4v) is 2.20. The van der Waals surface area contributed by atoms with E-state index in [4.69, 9.17) is 10.6 Å². The lowest BCUT2D eigenvalue weighted by Gasteiger charge is -2.19. The molecule has 0 fully saturated rings. The third-order valence-electron chi connectivity index (χ3n) is 3.32. The van der Waals surface area contributed by atoms with Gasteiger partial charge in [0.2, 0.25) is 0 Å². The number of aromatic nitrogens is 2. The summed E-state index contributed by atoms with van der Waals surface area (Å²) in [6, 6.07) is 3.82. The average Bonchev–Trinajstić information content (AvgIpc) is 2.45. The first-order chi connectivity index (χ1) is 9.56. The third-order valence-corrected chi connectivity index (χ3v) is 3.32. The molecule has 1 unspecified atom stereocenters. The number of ether oxygens (including phenoxy) is 1. The van der Waals surface area contributed by atoms with E-state index in [-0.39, 0.29) is 6.04 Å². The van der Waals surface area contributed by atoms with Crippen LogP contribution in [0.25, 0.3) is 0 Å². The summed E-state index contributed by atoms with van der Waals surface area (Å²) in [5.74, 6) is 7.23. The predicted molar refractivity (Wildman–Crippen MR) is 78.4 cm³/mol.